The summed E-state index contributed by atoms with van der Waals surface area (Å²) in [6, 6.07) is 5.10. The van der Waals surface area contributed by atoms with Crippen molar-refractivity contribution in [1.29, 1.82) is 0 Å². The van der Waals surface area contributed by atoms with Gasteiger partial charge in [0.25, 0.3) is 5.91 Å². The molecule has 9 heteroatoms. The van der Waals surface area contributed by atoms with Crippen LogP contribution in [-0.4, -0.2) is 63.9 Å². The maximum atomic E-state index is 12.7. The number of methoxy groups -OCH3 is 1. The molecule has 0 aliphatic carbocycles. The third-order valence-corrected chi connectivity index (χ3v) is 6.33. The fraction of sp³-hybridized carbons (Fsp3) is 0.579. The number of hydrogen-bond donors (Lipinski definition) is 2. The van der Waals surface area contributed by atoms with Crippen LogP contribution in [-0.2, 0) is 19.6 Å². The molecular weight excluding hydrogens is 382 g/mol. The van der Waals surface area contributed by atoms with E-state index in [1.807, 2.05) is 13.8 Å². The van der Waals surface area contributed by atoms with E-state index in [0.29, 0.717) is 26.2 Å². The average molecular weight is 414 g/mol. The van der Waals surface area contributed by atoms with Gasteiger partial charge in [-0.25, -0.2) is 8.42 Å². The Kier molecular flexibility index (Phi) is 9.57. The summed E-state index contributed by atoms with van der Waals surface area (Å²) in [6.45, 7) is 8.55. The van der Waals surface area contributed by atoms with Crippen molar-refractivity contribution in [3.8, 4) is 0 Å². The fourth-order valence-corrected chi connectivity index (χ4v) is 4.16. The number of rotatable bonds is 11. The molecule has 1 atom stereocenters. The highest BCUT2D eigenvalue weighted by molar-refractivity contribution is 7.89. The lowest BCUT2D eigenvalue weighted by Crippen LogP contribution is -2.50. The molecule has 0 bridgehead atoms. The van der Waals surface area contributed by atoms with E-state index < -0.39 is 22.0 Å². The number of carbonyl (C=O) groups is 2. The van der Waals surface area contributed by atoms with E-state index in [2.05, 4.69) is 10.6 Å². The Morgan fingerprint density at radius 3 is 2.36 bits per heavy atom. The highest BCUT2D eigenvalue weighted by atomic mass is 32.2. The van der Waals surface area contributed by atoms with Gasteiger partial charge in [0.1, 0.15) is 6.04 Å². The Morgan fingerprint density at radius 2 is 1.82 bits per heavy atom. The van der Waals surface area contributed by atoms with Gasteiger partial charge in [0.2, 0.25) is 15.9 Å². The number of nitrogens with one attached hydrogen (secondary N) is 2. The van der Waals surface area contributed by atoms with Gasteiger partial charge in [-0.15, -0.1) is 0 Å². The molecule has 1 aromatic rings. The predicted molar refractivity (Wildman–Crippen MR) is 108 cm³/mol. The zero-order chi connectivity index (χ0) is 21.3. The first-order valence-electron chi connectivity index (χ1n) is 9.36. The summed E-state index contributed by atoms with van der Waals surface area (Å²) in [5.41, 5.74) is 0.184. The van der Waals surface area contributed by atoms with Crippen LogP contribution in [0.1, 0.15) is 38.1 Å². The zero-order valence-electron chi connectivity index (χ0n) is 17.2. The van der Waals surface area contributed by atoms with Gasteiger partial charge >= 0.3 is 0 Å². The van der Waals surface area contributed by atoms with E-state index in [9.17, 15) is 18.0 Å². The molecule has 0 saturated heterocycles. The summed E-state index contributed by atoms with van der Waals surface area (Å²) in [4.78, 5) is 25.0. The molecule has 0 radical (unpaired) electrons. The number of nitrogens with zero attached hydrogens (tertiary/aromatic N) is 1. The Morgan fingerprint density at radius 1 is 1.18 bits per heavy atom. The van der Waals surface area contributed by atoms with Gasteiger partial charge in [-0.2, -0.15) is 4.31 Å². The van der Waals surface area contributed by atoms with Crippen LogP contribution in [0.15, 0.2) is 29.2 Å². The standard InChI is InChI=1S/C19H31N3O5S/c1-6-22(7-2)28(25,26)16-10-8-9-15(13-16)18(23)21-17(14(3)4)19(24)20-11-12-27-5/h8-10,13-14,17H,6-7,11-12H2,1-5H3,(H,20,24)(H,21,23)/t17-/m0/s1. The van der Waals surface area contributed by atoms with Gasteiger partial charge in [0, 0.05) is 32.3 Å². The number of amides is 2. The highest BCUT2D eigenvalue weighted by Gasteiger charge is 2.26. The molecule has 0 aliphatic heterocycles. The molecule has 1 aromatic carbocycles. The molecule has 2 N–H and O–H groups in total. The van der Waals surface area contributed by atoms with E-state index in [1.54, 1.807) is 13.8 Å². The lowest BCUT2D eigenvalue weighted by Gasteiger charge is -2.22. The van der Waals surface area contributed by atoms with Crippen LogP contribution in [0.2, 0.25) is 0 Å². The zero-order valence-corrected chi connectivity index (χ0v) is 18.0. The Labute approximate surface area is 167 Å². The molecule has 0 fully saturated rings. The first-order valence-corrected chi connectivity index (χ1v) is 10.8. The van der Waals surface area contributed by atoms with Crippen molar-refractivity contribution in [2.75, 3.05) is 33.4 Å². The van der Waals surface area contributed by atoms with E-state index in [1.165, 1.54) is 35.7 Å². The second-order valence-electron chi connectivity index (χ2n) is 6.60. The maximum Gasteiger partial charge on any atom is 0.251 e. The Bertz CT molecular complexity index is 761. The van der Waals surface area contributed by atoms with Gasteiger partial charge in [-0.3, -0.25) is 9.59 Å². The van der Waals surface area contributed by atoms with Gasteiger partial charge < -0.3 is 15.4 Å². The summed E-state index contributed by atoms with van der Waals surface area (Å²) in [7, 11) is -2.14. The molecule has 1 rings (SSSR count). The van der Waals surface area contributed by atoms with Crippen LogP contribution in [0.3, 0.4) is 0 Å². The first kappa shape index (κ1) is 24.1. The van der Waals surface area contributed by atoms with Crippen LogP contribution in [0.5, 0.6) is 0 Å². The van der Waals surface area contributed by atoms with Crippen molar-refractivity contribution in [3.05, 3.63) is 29.8 Å². The molecule has 8 nitrogen and oxygen atoms in total. The SMILES string of the molecule is CCN(CC)S(=O)(=O)c1cccc(C(=O)N[C@H](C(=O)NCCOC)C(C)C)c1. The smallest absolute Gasteiger partial charge is 0.251 e. The van der Waals surface area contributed by atoms with E-state index in [4.69, 9.17) is 4.74 Å². The van der Waals surface area contributed by atoms with Crippen LogP contribution in [0.4, 0.5) is 0 Å². The number of benzene rings is 1. The summed E-state index contributed by atoms with van der Waals surface area (Å²) in [5, 5.41) is 5.40. The first-order chi connectivity index (χ1) is 13.2. The van der Waals surface area contributed by atoms with Crippen LogP contribution in [0, 0.1) is 5.92 Å². The van der Waals surface area contributed by atoms with Crippen molar-refractivity contribution in [2.24, 2.45) is 5.92 Å². The van der Waals surface area contributed by atoms with Gasteiger partial charge in [-0.05, 0) is 24.1 Å². The van der Waals surface area contributed by atoms with Crippen molar-refractivity contribution in [2.45, 2.75) is 38.6 Å². The number of sulfonamides is 1. The largest absolute Gasteiger partial charge is 0.383 e. The monoisotopic (exact) mass is 413 g/mol. The highest BCUT2D eigenvalue weighted by Crippen LogP contribution is 2.17. The topological polar surface area (TPSA) is 105 Å². The van der Waals surface area contributed by atoms with Crippen molar-refractivity contribution in [1.82, 2.24) is 14.9 Å². The molecule has 28 heavy (non-hydrogen) atoms. The third kappa shape index (κ3) is 6.29. The number of carbonyl (C=O) groups excluding carboxylic acids is 2. The fourth-order valence-electron chi connectivity index (χ4n) is 2.66. The quantitative estimate of drug-likeness (QED) is 0.531. The predicted octanol–water partition coefficient (Wildman–Crippen LogP) is 1.23. The van der Waals surface area contributed by atoms with E-state index in [-0.39, 0.29) is 22.3 Å². The van der Waals surface area contributed by atoms with Crippen molar-refractivity contribution >= 4 is 21.8 Å². The van der Waals surface area contributed by atoms with Crippen LogP contribution < -0.4 is 10.6 Å². The van der Waals surface area contributed by atoms with Gasteiger partial charge in [0.05, 0.1) is 11.5 Å². The maximum absolute atomic E-state index is 12.7. The number of hydrogen-bond acceptors (Lipinski definition) is 5. The number of ether oxygens (including phenoxy) is 1. The van der Waals surface area contributed by atoms with Crippen LogP contribution in [0.25, 0.3) is 0 Å². The minimum absolute atomic E-state index is 0.0505. The molecule has 0 heterocycles. The molecule has 0 aromatic heterocycles. The second kappa shape index (κ2) is 11.1. The van der Waals surface area contributed by atoms with Crippen molar-refractivity contribution in [3.63, 3.8) is 0 Å². The summed E-state index contributed by atoms with van der Waals surface area (Å²) >= 11 is 0. The second-order valence-corrected chi connectivity index (χ2v) is 8.53. The van der Waals surface area contributed by atoms with Gasteiger partial charge in [0.15, 0.2) is 0 Å². The molecule has 0 saturated carbocycles. The lowest BCUT2D eigenvalue weighted by atomic mass is 10.0. The molecule has 158 valence electrons. The third-order valence-electron chi connectivity index (χ3n) is 4.28. The normalized spacial score (nSPS) is 12.8. The summed E-state index contributed by atoms with van der Waals surface area (Å²) in [5.74, 6) is -0.960. The Hall–Kier alpha value is -1.97. The summed E-state index contributed by atoms with van der Waals surface area (Å²) in [6.07, 6.45) is 0. The average Bonchev–Trinajstić information content (AvgIpc) is 2.66. The van der Waals surface area contributed by atoms with E-state index in [0.717, 1.165) is 0 Å². The van der Waals surface area contributed by atoms with Crippen LogP contribution >= 0.6 is 0 Å². The molecule has 2 amide bonds. The Balaban J connectivity index is 3.01. The molecular formula is C19H31N3O5S. The molecule has 0 aliphatic rings. The van der Waals surface area contributed by atoms with Gasteiger partial charge in [-0.1, -0.05) is 33.8 Å². The van der Waals surface area contributed by atoms with Crippen molar-refractivity contribution < 1.29 is 22.7 Å². The minimum Gasteiger partial charge on any atom is -0.383 e. The van der Waals surface area contributed by atoms with E-state index >= 15 is 0 Å². The summed E-state index contributed by atoms with van der Waals surface area (Å²) < 4.78 is 31.6. The molecule has 0 unspecified atom stereocenters. The molecule has 0 spiro atoms. The minimum atomic E-state index is -3.67. The lowest BCUT2D eigenvalue weighted by molar-refractivity contribution is -0.124.